The number of nitrogens with zero attached hydrogens (tertiary/aromatic N) is 1. The van der Waals surface area contributed by atoms with Crippen molar-refractivity contribution in [1.82, 2.24) is 10.2 Å². The Kier molecular flexibility index (Phi) is 7.75. The molecular formula is C18H29N3O2. The summed E-state index contributed by atoms with van der Waals surface area (Å²) < 4.78 is 0. The molecule has 0 aliphatic heterocycles. The van der Waals surface area contributed by atoms with Gasteiger partial charge in [-0.1, -0.05) is 13.8 Å². The second-order valence-electron chi connectivity index (χ2n) is 5.60. The van der Waals surface area contributed by atoms with Crippen LogP contribution in [0.15, 0.2) is 12.1 Å². The number of Topliss-reactive ketones (excluding diaryl/α,β-unsaturated/α-hetero) is 1. The van der Waals surface area contributed by atoms with Crippen LogP contribution in [0.5, 0.6) is 0 Å². The Labute approximate surface area is 139 Å². The minimum atomic E-state index is -0.140. The summed E-state index contributed by atoms with van der Waals surface area (Å²) in [5, 5.41) is 6.12. The van der Waals surface area contributed by atoms with Crippen molar-refractivity contribution in [2.45, 2.75) is 34.6 Å². The highest BCUT2D eigenvalue weighted by molar-refractivity contribution is 6.08. The second-order valence-corrected chi connectivity index (χ2v) is 5.60. The monoisotopic (exact) mass is 319 g/mol. The number of ketones is 1. The van der Waals surface area contributed by atoms with E-state index in [1.807, 2.05) is 26.0 Å². The molecule has 1 rings (SSSR count). The van der Waals surface area contributed by atoms with Crippen molar-refractivity contribution in [1.29, 1.82) is 0 Å². The van der Waals surface area contributed by atoms with Crippen molar-refractivity contribution in [3.05, 3.63) is 28.8 Å². The predicted molar refractivity (Wildman–Crippen MR) is 95.5 cm³/mol. The van der Waals surface area contributed by atoms with Crippen LogP contribution in [0, 0.1) is 6.92 Å². The summed E-state index contributed by atoms with van der Waals surface area (Å²) in [5.74, 6) is -0.179. The Morgan fingerprint density at radius 3 is 2.22 bits per heavy atom. The predicted octanol–water partition coefficient (Wildman–Crippen LogP) is 2.70. The number of amides is 1. The summed E-state index contributed by atoms with van der Waals surface area (Å²) in [6.45, 7) is 13.6. The minimum Gasteiger partial charge on any atom is -0.384 e. The lowest BCUT2D eigenvalue weighted by molar-refractivity contribution is 0.0949. The molecule has 0 saturated heterocycles. The summed E-state index contributed by atoms with van der Waals surface area (Å²) in [4.78, 5) is 26.7. The third-order valence-corrected chi connectivity index (χ3v) is 3.87. The minimum absolute atomic E-state index is 0.0400. The molecule has 0 aliphatic rings. The van der Waals surface area contributed by atoms with E-state index in [1.54, 1.807) is 0 Å². The average molecular weight is 319 g/mol. The number of hydrogen-bond acceptors (Lipinski definition) is 4. The highest BCUT2D eigenvalue weighted by Crippen LogP contribution is 2.24. The summed E-state index contributed by atoms with van der Waals surface area (Å²) in [6.07, 6.45) is 0. The maximum absolute atomic E-state index is 12.5. The first-order valence-electron chi connectivity index (χ1n) is 8.34. The second kappa shape index (κ2) is 9.30. The van der Waals surface area contributed by atoms with Crippen molar-refractivity contribution in [3.8, 4) is 0 Å². The zero-order valence-electron chi connectivity index (χ0n) is 15.0. The molecule has 0 spiro atoms. The van der Waals surface area contributed by atoms with Gasteiger partial charge in [0.2, 0.25) is 0 Å². The molecule has 0 atom stereocenters. The first-order chi connectivity index (χ1) is 10.9. The highest BCUT2D eigenvalue weighted by Gasteiger charge is 2.18. The van der Waals surface area contributed by atoms with Crippen LogP contribution in [0.25, 0.3) is 0 Å². The van der Waals surface area contributed by atoms with Crippen molar-refractivity contribution in [2.24, 2.45) is 0 Å². The first kappa shape index (κ1) is 19.2. The van der Waals surface area contributed by atoms with Crippen LogP contribution in [0.2, 0.25) is 0 Å². The van der Waals surface area contributed by atoms with Gasteiger partial charge >= 0.3 is 0 Å². The number of rotatable bonds is 9. The fourth-order valence-corrected chi connectivity index (χ4v) is 2.57. The summed E-state index contributed by atoms with van der Waals surface area (Å²) in [5.41, 5.74) is 2.65. The zero-order valence-corrected chi connectivity index (χ0v) is 15.0. The van der Waals surface area contributed by atoms with E-state index < -0.39 is 0 Å². The molecule has 1 aromatic carbocycles. The number of benzene rings is 1. The molecular weight excluding hydrogens is 290 g/mol. The quantitative estimate of drug-likeness (QED) is 0.687. The van der Waals surface area contributed by atoms with Gasteiger partial charge in [-0.05, 0) is 51.6 Å². The Hall–Kier alpha value is -1.88. The third-order valence-electron chi connectivity index (χ3n) is 3.87. The van der Waals surface area contributed by atoms with Crippen molar-refractivity contribution in [2.75, 3.05) is 38.0 Å². The Morgan fingerprint density at radius 1 is 1.09 bits per heavy atom. The van der Waals surface area contributed by atoms with Gasteiger partial charge in [-0.25, -0.2) is 0 Å². The van der Waals surface area contributed by atoms with Crippen LogP contribution in [-0.2, 0) is 0 Å². The van der Waals surface area contributed by atoms with Crippen LogP contribution in [-0.4, -0.2) is 49.3 Å². The lowest BCUT2D eigenvalue weighted by Crippen LogP contribution is -2.35. The van der Waals surface area contributed by atoms with Gasteiger partial charge in [-0.3, -0.25) is 9.59 Å². The summed E-state index contributed by atoms with van der Waals surface area (Å²) >= 11 is 0. The van der Waals surface area contributed by atoms with Gasteiger partial charge in [0, 0.05) is 25.2 Å². The van der Waals surface area contributed by atoms with E-state index in [2.05, 4.69) is 29.4 Å². The fourth-order valence-electron chi connectivity index (χ4n) is 2.57. The maximum Gasteiger partial charge on any atom is 0.253 e. The Morgan fingerprint density at radius 2 is 1.70 bits per heavy atom. The van der Waals surface area contributed by atoms with E-state index in [0.717, 1.165) is 25.2 Å². The molecule has 0 heterocycles. The number of aryl methyl sites for hydroxylation is 1. The Balaban J connectivity index is 2.96. The fraction of sp³-hybridized carbons (Fsp3) is 0.556. The molecule has 1 aromatic rings. The molecule has 0 aliphatic carbocycles. The lowest BCUT2D eigenvalue weighted by Gasteiger charge is -2.19. The first-order valence-corrected chi connectivity index (χ1v) is 8.34. The maximum atomic E-state index is 12.5. The number of anilines is 1. The summed E-state index contributed by atoms with van der Waals surface area (Å²) in [6, 6.07) is 3.66. The topological polar surface area (TPSA) is 61.4 Å². The third kappa shape index (κ3) is 5.36. The van der Waals surface area contributed by atoms with E-state index in [9.17, 15) is 9.59 Å². The molecule has 0 fully saturated rings. The van der Waals surface area contributed by atoms with E-state index in [1.165, 1.54) is 6.92 Å². The molecule has 0 unspecified atom stereocenters. The molecule has 2 N–H and O–H groups in total. The van der Waals surface area contributed by atoms with Gasteiger partial charge < -0.3 is 15.5 Å². The SMILES string of the molecule is CCNc1c(C(C)=O)cc(C)cc1C(=O)NCCN(CC)CC. The molecule has 0 aromatic heterocycles. The molecule has 1 amide bonds. The average Bonchev–Trinajstić information content (AvgIpc) is 2.52. The number of carbonyl (C=O) groups excluding carboxylic acids is 2. The van der Waals surface area contributed by atoms with Crippen LogP contribution in [0.1, 0.15) is 54.0 Å². The van der Waals surface area contributed by atoms with Crippen LogP contribution in [0.3, 0.4) is 0 Å². The highest BCUT2D eigenvalue weighted by atomic mass is 16.1. The Bertz CT molecular complexity index is 551. The number of carbonyl (C=O) groups is 2. The van der Waals surface area contributed by atoms with E-state index in [-0.39, 0.29) is 11.7 Å². The van der Waals surface area contributed by atoms with Gasteiger partial charge in [0.05, 0.1) is 11.3 Å². The zero-order chi connectivity index (χ0) is 17.4. The molecule has 5 heteroatoms. The van der Waals surface area contributed by atoms with E-state index in [0.29, 0.717) is 29.9 Å². The molecule has 5 nitrogen and oxygen atoms in total. The van der Waals surface area contributed by atoms with E-state index in [4.69, 9.17) is 0 Å². The molecule has 0 bridgehead atoms. The summed E-state index contributed by atoms with van der Waals surface area (Å²) in [7, 11) is 0. The van der Waals surface area contributed by atoms with Gasteiger partial charge in [0.1, 0.15) is 0 Å². The smallest absolute Gasteiger partial charge is 0.253 e. The van der Waals surface area contributed by atoms with E-state index >= 15 is 0 Å². The molecule has 23 heavy (non-hydrogen) atoms. The molecule has 0 radical (unpaired) electrons. The van der Waals surface area contributed by atoms with Crippen LogP contribution < -0.4 is 10.6 Å². The number of likely N-dealkylation sites (N-methyl/N-ethyl adjacent to an activating group) is 1. The molecule has 128 valence electrons. The molecule has 0 saturated carbocycles. The number of nitrogens with one attached hydrogen (secondary N) is 2. The van der Waals surface area contributed by atoms with Gasteiger partial charge in [0.25, 0.3) is 5.91 Å². The standard InChI is InChI=1S/C18H29N3O2/c1-6-19-17-15(14(5)22)11-13(4)12-16(17)18(23)20-9-10-21(7-2)8-3/h11-12,19H,6-10H2,1-5H3,(H,20,23). The van der Waals surface area contributed by atoms with Gasteiger partial charge in [-0.15, -0.1) is 0 Å². The van der Waals surface area contributed by atoms with Crippen molar-refractivity contribution in [3.63, 3.8) is 0 Å². The van der Waals surface area contributed by atoms with Crippen LogP contribution in [0.4, 0.5) is 5.69 Å². The van der Waals surface area contributed by atoms with Crippen molar-refractivity contribution >= 4 is 17.4 Å². The van der Waals surface area contributed by atoms with Crippen LogP contribution >= 0.6 is 0 Å². The lowest BCUT2D eigenvalue weighted by atomic mass is 10.00. The van der Waals surface area contributed by atoms with Crippen molar-refractivity contribution < 1.29 is 9.59 Å². The largest absolute Gasteiger partial charge is 0.384 e. The van der Waals surface area contributed by atoms with Gasteiger partial charge in [-0.2, -0.15) is 0 Å². The normalized spacial score (nSPS) is 10.7. The number of hydrogen-bond donors (Lipinski definition) is 2. The van der Waals surface area contributed by atoms with Gasteiger partial charge in [0.15, 0.2) is 5.78 Å².